The lowest BCUT2D eigenvalue weighted by molar-refractivity contribution is -0.137. The molecule has 1 atom stereocenters. The Morgan fingerprint density at radius 2 is 1.83 bits per heavy atom. The van der Waals surface area contributed by atoms with Gasteiger partial charge in [-0.3, -0.25) is 23.3 Å². The van der Waals surface area contributed by atoms with Crippen LogP contribution in [-0.4, -0.2) is 63.2 Å². The minimum atomic E-state index is -4.54. The predicted octanol–water partition coefficient (Wildman–Crippen LogP) is 1.07. The molecule has 1 aromatic carbocycles. The second-order valence-corrected chi connectivity index (χ2v) is 8.59. The quantitative estimate of drug-likeness (QED) is 0.545. The maximum absolute atomic E-state index is 13.3. The van der Waals surface area contributed by atoms with Gasteiger partial charge < -0.3 is 15.5 Å². The first-order chi connectivity index (χ1) is 16.4. The molecule has 35 heavy (non-hydrogen) atoms. The van der Waals surface area contributed by atoms with Crippen molar-refractivity contribution in [2.75, 3.05) is 32.1 Å². The second kappa shape index (κ2) is 9.94. The minimum absolute atomic E-state index is 0.0352. The molecule has 1 amide bonds. The van der Waals surface area contributed by atoms with Crippen LogP contribution in [0.15, 0.2) is 33.9 Å². The molecule has 1 unspecified atom stereocenters. The SMILES string of the molecule is CN(C)C=O.Cn1c(=O)c2c(nc(N3CCCC(N)C3)n2-c2cccc(C(F)(F)F)c2)n(C)c1=O. The van der Waals surface area contributed by atoms with E-state index < -0.39 is 23.0 Å². The number of aryl methyl sites for hydroxylation is 1. The van der Waals surface area contributed by atoms with Gasteiger partial charge in [-0.1, -0.05) is 6.07 Å². The fraction of sp³-hybridized carbons (Fsp3) is 0.455. The molecule has 3 heterocycles. The Morgan fingerprint density at radius 3 is 2.40 bits per heavy atom. The van der Waals surface area contributed by atoms with Gasteiger partial charge in [-0.15, -0.1) is 0 Å². The lowest BCUT2D eigenvalue weighted by atomic mass is 10.1. The van der Waals surface area contributed by atoms with Gasteiger partial charge in [-0.2, -0.15) is 18.2 Å². The van der Waals surface area contributed by atoms with Gasteiger partial charge in [-0.25, -0.2) is 4.79 Å². The van der Waals surface area contributed by atoms with Crippen molar-refractivity contribution in [1.82, 2.24) is 23.6 Å². The zero-order valence-electron chi connectivity index (χ0n) is 19.9. The lowest BCUT2D eigenvalue weighted by Crippen LogP contribution is -2.44. The van der Waals surface area contributed by atoms with Gasteiger partial charge in [-0.05, 0) is 31.0 Å². The van der Waals surface area contributed by atoms with Crippen LogP contribution in [0.4, 0.5) is 19.1 Å². The van der Waals surface area contributed by atoms with Gasteiger partial charge in [0.1, 0.15) is 0 Å². The van der Waals surface area contributed by atoms with E-state index in [9.17, 15) is 27.6 Å². The number of halogens is 3. The number of anilines is 1. The van der Waals surface area contributed by atoms with Crippen LogP contribution in [0.25, 0.3) is 16.9 Å². The molecule has 10 nitrogen and oxygen atoms in total. The molecule has 0 aliphatic carbocycles. The van der Waals surface area contributed by atoms with Crippen molar-refractivity contribution in [1.29, 1.82) is 0 Å². The summed E-state index contributed by atoms with van der Waals surface area (Å²) in [5.74, 6) is 0.290. The predicted molar refractivity (Wildman–Crippen MR) is 126 cm³/mol. The number of nitrogens with zero attached hydrogens (tertiary/aromatic N) is 6. The number of hydrogen-bond acceptors (Lipinski definition) is 6. The normalized spacial score (nSPS) is 16.1. The summed E-state index contributed by atoms with van der Waals surface area (Å²) in [5.41, 5.74) is 4.32. The molecule has 1 saturated heterocycles. The van der Waals surface area contributed by atoms with E-state index in [1.807, 2.05) is 4.90 Å². The number of imidazole rings is 1. The summed E-state index contributed by atoms with van der Waals surface area (Å²) in [7, 11) is 6.17. The van der Waals surface area contributed by atoms with Crippen LogP contribution in [0, 0.1) is 0 Å². The number of hydrogen-bond donors (Lipinski definition) is 1. The van der Waals surface area contributed by atoms with Gasteiger partial charge >= 0.3 is 11.9 Å². The van der Waals surface area contributed by atoms with Crippen molar-refractivity contribution in [2.24, 2.45) is 19.8 Å². The number of benzene rings is 1. The van der Waals surface area contributed by atoms with E-state index in [1.165, 1.54) is 40.3 Å². The molecule has 1 aliphatic rings. The number of rotatable bonds is 3. The van der Waals surface area contributed by atoms with E-state index in [-0.39, 0.29) is 28.8 Å². The first-order valence-electron chi connectivity index (χ1n) is 10.8. The van der Waals surface area contributed by atoms with Crippen LogP contribution in [0.2, 0.25) is 0 Å². The average molecular weight is 496 g/mol. The maximum Gasteiger partial charge on any atom is 0.416 e. The number of nitrogens with two attached hydrogens (primary N) is 1. The number of fused-ring (bicyclic) bond motifs is 1. The van der Waals surface area contributed by atoms with Crippen LogP contribution in [-0.2, 0) is 25.1 Å². The molecule has 2 aromatic heterocycles. The number of carbonyl (C=O) groups is 1. The number of aromatic nitrogens is 4. The molecule has 0 bridgehead atoms. The monoisotopic (exact) mass is 495 g/mol. The molecule has 4 rings (SSSR count). The molecule has 190 valence electrons. The minimum Gasteiger partial charge on any atom is -0.351 e. The summed E-state index contributed by atoms with van der Waals surface area (Å²) in [6.45, 7) is 1.03. The Bertz CT molecular complexity index is 1340. The number of carbonyl (C=O) groups excluding carboxylic acids is 1. The molecular formula is C22H28F3N7O3. The Kier molecular flexibility index (Phi) is 7.38. The van der Waals surface area contributed by atoms with Crippen molar-refractivity contribution < 1.29 is 18.0 Å². The van der Waals surface area contributed by atoms with E-state index in [0.717, 1.165) is 36.0 Å². The summed E-state index contributed by atoms with van der Waals surface area (Å²) < 4.78 is 43.5. The standard InChI is InChI=1S/C19H21F3N6O2.C3H7NO/c1-25-15-14(16(29)26(2)18(25)30)28(13-7-3-5-11(9-13)19(20,21)22)17(24-15)27-8-4-6-12(23)10-27;1-4(2)3-5/h3,5,7,9,12H,4,6,8,10,23H2,1-2H3;3H,1-2H3. The Hall–Kier alpha value is -3.61. The summed E-state index contributed by atoms with van der Waals surface area (Å²) in [4.78, 5) is 42.6. The zero-order valence-corrected chi connectivity index (χ0v) is 19.9. The van der Waals surface area contributed by atoms with Crippen LogP contribution in [0.1, 0.15) is 18.4 Å². The second-order valence-electron chi connectivity index (χ2n) is 8.59. The molecule has 2 N–H and O–H groups in total. The highest BCUT2D eigenvalue weighted by molar-refractivity contribution is 5.78. The van der Waals surface area contributed by atoms with Gasteiger partial charge in [0.25, 0.3) is 5.56 Å². The molecule has 13 heteroatoms. The molecule has 3 aromatic rings. The van der Waals surface area contributed by atoms with E-state index in [0.29, 0.717) is 13.1 Å². The highest BCUT2D eigenvalue weighted by Gasteiger charge is 2.32. The average Bonchev–Trinajstić information content (AvgIpc) is 3.22. The molecule has 0 saturated carbocycles. The van der Waals surface area contributed by atoms with E-state index in [1.54, 1.807) is 14.1 Å². The third-order valence-electron chi connectivity index (χ3n) is 5.62. The highest BCUT2D eigenvalue weighted by atomic mass is 19.4. The lowest BCUT2D eigenvalue weighted by Gasteiger charge is -2.31. The van der Waals surface area contributed by atoms with Gasteiger partial charge in [0.05, 0.1) is 5.56 Å². The first kappa shape index (κ1) is 26.0. The van der Waals surface area contributed by atoms with Crippen molar-refractivity contribution in [2.45, 2.75) is 25.1 Å². The fourth-order valence-electron chi connectivity index (χ4n) is 3.85. The van der Waals surface area contributed by atoms with Crippen LogP contribution in [0.3, 0.4) is 0 Å². The largest absolute Gasteiger partial charge is 0.416 e. The molecule has 1 aliphatic heterocycles. The third-order valence-corrected chi connectivity index (χ3v) is 5.62. The number of amides is 1. The fourth-order valence-corrected chi connectivity index (χ4v) is 3.85. The van der Waals surface area contributed by atoms with Crippen LogP contribution in [0.5, 0.6) is 0 Å². The Labute approximate surface area is 199 Å². The summed E-state index contributed by atoms with van der Waals surface area (Å²) in [5, 5.41) is 0. The van der Waals surface area contributed by atoms with Gasteiger partial charge in [0, 0.05) is 53.0 Å². The smallest absolute Gasteiger partial charge is 0.351 e. The topological polar surface area (TPSA) is 111 Å². The van der Waals surface area contributed by atoms with Crippen molar-refractivity contribution in [3.63, 3.8) is 0 Å². The van der Waals surface area contributed by atoms with Crippen LogP contribution >= 0.6 is 0 Å². The Balaban J connectivity index is 0.000000623. The van der Waals surface area contributed by atoms with Crippen molar-refractivity contribution in [3.05, 3.63) is 50.7 Å². The molecule has 1 fully saturated rings. The van der Waals surface area contributed by atoms with E-state index >= 15 is 0 Å². The summed E-state index contributed by atoms with van der Waals surface area (Å²) in [6.07, 6.45) is -2.19. The molecular weight excluding hydrogens is 467 g/mol. The Morgan fingerprint density at radius 1 is 1.17 bits per heavy atom. The van der Waals surface area contributed by atoms with Gasteiger partial charge in [0.2, 0.25) is 12.4 Å². The van der Waals surface area contributed by atoms with Crippen molar-refractivity contribution in [3.8, 4) is 5.69 Å². The summed E-state index contributed by atoms with van der Waals surface area (Å²) >= 11 is 0. The number of piperidine rings is 1. The zero-order chi connectivity index (χ0) is 26.1. The van der Waals surface area contributed by atoms with Crippen LogP contribution < -0.4 is 21.9 Å². The first-order valence-corrected chi connectivity index (χ1v) is 10.8. The van der Waals surface area contributed by atoms with Crippen molar-refractivity contribution >= 4 is 23.5 Å². The van der Waals surface area contributed by atoms with E-state index in [2.05, 4.69) is 4.98 Å². The molecule has 0 radical (unpaired) electrons. The molecule has 0 spiro atoms. The third kappa shape index (κ3) is 5.24. The maximum atomic E-state index is 13.3. The number of alkyl halides is 3. The highest BCUT2D eigenvalue weighted by Crippen LogP contribution is 2.33. The van der Waals surface area contributed by atoms with E-state index in [4.69, 9.17) is 5.73 Å². The van der Waals surface area contributed by atoms with Gasteiger partial charge in [0.15, 0.2) is 11.2 Å². The summed E-state index contributed by atoms with van der Waals surface area (Å²) in [6, 6.07) is 4.57.